The Hall–Kier alpha value is -1.84. The van der Waals surface area contributed by atoms with E-state index in [9.17, 15) is 5.11 Å². The van der Waals surface area contributed by atoms with E-state index in [-0.39, 0.29) is 5.92 Å². The molecule has 0 bridgehead atoms. The van der Waals surface area contributed by atoms with Gasteiger partial charge in [-0.15, -0.1) is 0 Å². The van der Waals surface area contributed by atoms with E-state index < -0.39 is 5.60 Å². The molecule has 0 radical (unpaired) electrons. The summed E-state index contributed by atoms with van der Waals surface area (Å²) < 4.78 is 0. The van der Waals surface area contributed by atoms with Gasteiger partial charge in [-0.05, 0) is 51.0 Å². The number of anilines is 2. The van der Waals surface area contributed by atoms with Crippen LogP contribution in [0.5, 0.6) is 0 Å². The lowest BCUT2D eigenvalue weighted by Crippen LogP contribution is -2.46. The molecule has 0 spiro atoms. The minimum Gasteiger partial charge on any atom is -0.380 e. The summed E-state index contributed by atoms with van der Waals surface area (Å²) in [5.41, 5.74) is 3.45. The van der Waals surface area contributed by atoms with Crippen LogP contribution in [0.2, 0.25) is 0 Å². The van der Waals surface area contributed by atoms with Gasteiger partial charge in [0.2, 0.25) is 0 Å². The van der Waals surface area contributed by atoms with Gasteiger partial charge in [-0.2, -0.15) is 0 Å². The molecule has 1 N–H and O–H groups in total. The van der Waals surface area contributed by atoms with Crippen molar-refractivity contribution in [3.8, 4) is 0 Å². The molecule has 1 saturated heterocycles. The third-order valence-electron chi connectivity index (χ3n) is 5.66. The fraction of sp³-hybridized carbons (Fsp3) is 0.400. The fourth-order valence-corrected chi connectivity index (χ4v) is 4.32. The predicted molar refractivity (Wildman–Crippen MR) is 94.2 cm³/mol. The highest BCUT2D eigenvalue weighted by atomic mass is 16.3. The molecule has 120 valence electrons. The smallest absolute Gasteiger partial charge is 0.121 e. The second-order valence-electron chi connectivity index (χ2n) is 6.94. The van der Waals surface area contributed by atoms with Crippen LogP contribution in [0.15, 0.2) is 48.5 Å². The van der Waals surface area contributed by atoms with Crippen LogP contribution < -0.4 is 4.90 Å². The number of hydrogen-bond donors (Lipinski definition) is 1. The van der Waals surface area contributed by atoms with E-state index in [4.69, 9.17) is 0 Å². The number of para-hydroxylation sites is 2. The molecule has 0 aromatic heterocycles. The van der Waals surface area contributed by atoms with E-state index in [0.29, 0.717) is 0 Å². The van der Waals surface area contributed by atoms with Gasteiger partial charge in [-0.1, -0.05) is 36.4 Å². The Morgan fingerprint density at radius 2 is 1.35 bits per heavy atom. The summed E-state index contributed by atoms with van der Waals surface area (Å²) in [5.74, 6) is 0.259. The lowest BCUT2D eigenvalue weighted by atomic mass is 9.69. The second kappa shape index (κ2) is 5.36. The molecule has 0 saturated carbocycles. The Kier molecular flexibility index (Phi) is 3.43. The van der Waals surface area contributed by atoms with E-state index in [1.807, 2.05) is 12.1 Å². The van der Waals surface area contributed by atoms with Crippen LogP contribution >= 0.6 is 0 Å². The molecule has 1 fully saturated rings. The Morgan fingerprint density at radius 1 is 0.870 bits per heavy atom. The minimum absolute atomic E-state index is 0.259. The molecule has 4 rings (SSSR count). The molecular weight excluding hydrogens is 284 g/mol. The Morgan fingerprint density at radius 3 is 1.87 bits per heavy atom. The normalized spacial score (nSPS) is 20.9. The van der Waals surface area contributed by atoms with Crippen LogP contribution in [-0.4, -0.2) is 37.2 Å². The van der Waals surface area contributed by atoms with Gasteiger partial charge in [0.1, 0.15) is 5.60 Å². The van der Waals surface area contributed by atoms with Gasteiger partial charge in [0, 0.05) is 29.5 Å². The lowest BCUT2D eigenvalue weighted by molar-refractivity contribution is -0.0112. The largest absolute Gasteiger partial charge is 0.380 e. The first-order valence-corrected chi connectivity index (χ1v) is 8.46. The maximum atomic E-state index is 12.0. The summed E-state index contributed by atoms with van der Waals surface area (Å²) in [7, 11) is 4.25. The van der Waals surface area contributed by atoms with Crippen molar-refractivity contribution in [2.75, 3.05) is 32.1 Å². The summed E-state index contributed by atoms with van der Waals surface area (Å²) in [6, 6.07) is 16.6. The van der Waals surface area contributed by atoms with Gasteiger partial charge in [0.05, 0.1) is 0 Å². The van der Waals surface area contributed by atoms with E-state index in [1.165, 1.54) is 0 Å². The quantitative estimate of drug-likeness (QED) is 0.875. The monoisotopic (exact) mass is 308 g/mol. The first kappa shape index (κ1) is 14.7. The van der Waals surface area contributed by atoms with Crippen molar-refractivity contribution in [3.05, 3.63) is 59.7 Å². The molecule has 0 amide bonds. The average molecular weight is 308 g/mol. The summed E-state index contributed by atoms with van der Waals surface area (Å²) >= 11 is 0. The number of aliphatic hydroxyl groups is 1. The number of likely N-dealkylation sites (tertiary alicyclic amines) is 1. The van der Waals surface area contributed by atoms with E-state index in [1.54, 1.807) is 0 Å². The lowest BCUT2D eigenvalue weighted by Gasteiger charge is -2.47. The van der Waals surface area contributed by atoms with Crippen molar-refractivity contribution in [1.82, 2.24) is 4.90 Å². The number of hydrogen-bond acceptors (Lipinski definition) is 3. The zero-order valence-corrected chi connectivity index (χ0v) is 13.9. The van der Waals surface area contributed by atoms with Crippen LogP contribution in [0.3, 0.4) is 0 Å². The van der Waals surface area contributed by atoms with Crippen LogP contribution in [0.25, 0.3) is 0 Å². The van der Waals surface area contributed by atoms with Crippen molar-refractivity contribution < 1.29 is 5.11 Å². The van der Waals surface area contributed by atoms with Crippen LogP contribution in [0.4, 0.5) is 11.4 Å². The molecular formula is C20H24N2O. The van der Waals surface area contributed by atoms with Gasteiger partial charge >= 0.3 is 0 Å². The molecule has 2 aliphatic heterocycles. The van der Waals surface area contributed by atoms with Crippen molar-refractivity contribution in [3.63, 3.8) is 0 Å². The molecule has 23 heavy (non-hydrogen) atoms. The van der Waals surface area contributed by atoms with Gasteiger partial charge in [-0.3, -0.25) is 0 Å². The zero-order valence-electron chi connectivity index (χ0n) is 13.9. The predicted octanol–water partition coefficient (Wildman–Crippen LogP) is 3.35. The van der Waals surface area contributed by atoms with Crippen molar-refractivity contribution >= 4 is 11.4 Å². The third-order valence-corrected chi connectivity index (χ3v) is 5.66. The van der Waals surface area contributed by atoms with Gasteiger partial charge in [0.25, 0.3) is 0 Å². The first-order valence-electron chi connectivity index (χ1n) is 8.46. The summed E-state index contributed by atoms with van der Waals surface area (Å²) in [6.45, 7) is 2.10. The molecule has 2 aliphatic rings. The SMILES string of the molecule is CN1CCC(C2(O)c3ccccc3N(C)c3ccccc32)CC1. The van der Waals surface area contributed by atoms with Crippen LogP contribution in [-0.2, 0) is 5.60 Å². The molecule has 2 aromatic carbocycles. The molecule has 2 heterocycles. The first-order chi connectivity index (χ1) is 11.1. The second-order valence-corrected chi connectivity index (χ2v) is 6.94. The van der Waals surface area contributed by atoms with Crippen molar-refractivity contribution in [2.45, 2.75) is 18.4 Å². The number of benzene rings is 2. The summed E-state index contributed by atoms with van der Waals surface area (Å²) in [5, 5.41) is 12.0. The average Bonchev–Trinajstić information content (AvgIpc) is 2.60. The zero-order chi connectivity index (χ0) is 16.0. The highest BCUT2D eigenvalue weighted by Gasteiger charge is 2.46. The Balaban J connectivity index is 1.90. The van der Waals surface area contributed by atoms with Crippen LogP contribution in [0, 0.1) is 5.92 Å². The maximum Gasteiger partial charge on any atom is 0.121 e. The molecule has 0 unspecified atom stereocenters. The standard InChI is InChI=1S/C20H24N2O/c1-21-13-11-15(12-14-21)20(23)16-7-3-5-9-18(16)22(2)19-10-6-4-8-17(19)20/h3-10,15,23H,11-14H2,1-2H3. The van der Waals surface area contributed by atoms with Crippen molar-refractivity contribution in [1.29, 1.82) is 0 Å². The van der Waals surface area contributed by atoms with E-state index in [0.717, 1.165) is 48.4 Å². The Labute approximate surface area is 138 Å². The highest BCUT2D eigenvalue weighted by Crippen LogP contribution is 2.52. The van der Waals surface area contributed by atoms with Crippen molar-refractivity contribution in [2.24, 2.45) is 5.92 Å². The number of piperidine rings is 1. The fourth-order valence-electron chi connectivity index (χ4n) is 4.32. The van der Waals surface area contributed by atoms with Gasteiger partial charge in [-0.25, -0.2) is 0 Å². The van der Waals surface area contributed by atoms with Crippen LogP contribution in [0.1, 0.15) is 24.0 Å². The minimum atomic E-state index is -0.888. The number of fused-ring (bicyclic) bond motifs is 2. The van der Waals surface area contributed by atoms with Gasteiger partial charge in [0.15, 0.2) is 0 Å². The molecule has 3 heteroatoms. The maximum absolute atomic E-state index is 12.0. The topological polar surface area (TPSA) is 26.7 Å². The Bertz CT molecular complexity index is 672. The molecule has 0 atom stereocenters. The third kappa shape index (κ3) is 2.11. The van der Waals surface area contributed by atoms with E-state index in [2.05, 4.69) is 60.3 Å². The number of rotatable bonds is 1. The molecule has 3 nitrogen and oxygen atoms in total. The number of nitrogens with zero attached hydrogens (tertiary/aromatic N) is 2. The summed E-state index contributed by atoms with van der Waals surface area (Å²) in [6.07, 6.45) is 2.05. The highest BCUT2D eigenvalue weighted by molar-refractivity contribution is 5.76. The summed E-state index contributed by atoms with van der Waals surface area (Å²) in [4.78, 5) is 4.56. The van der Waals surface area contributed by atoms with Gasteiger partial charge < -0.3 is 14.9 Å². The molecule has 2 aromatic rings. The molecule has 0 aliphatic carbocycles. The van der Waals surface area contributed by atoms with E-state index >= 15 is 0 Å².